The van der Waals surface area contributed by atoms with E-state index in [9.17, 15) is 18.0 Å². The number of hydrogen-bond acceptors (Lipinski definition) is 4. The fourth-order valence-electron chi connectivity index (χ4n) is 1.72. The summed E-state index contributed by atoms with van der Waals surface area (Å²) >= 11 is 7.09. The van der Waals surface area contributed by atoms with Gasteiger partial charge in [0.2, 0.25) is 0 Å². The minimum Gasteiger partial charge on any atom is -0.376 e. The highest BCUT2D eigenvalue weighted by Crippen LogP contribution is 2.30. The first-order chi connectivity index (χ1) is 11.3. The monoisotopic (exact) mass is 375 g/mol. The highest BCUT2D eigenvalue weighted by Gasteiger charge is 2.30. The van der Waals surface area contributed by atoms with Crippen LogP contribution < -0.4 is 16.2 Å². The van der Waals surface area contributed by atoms with E-state index in [0.717, 1.165) is 17.0 Å². The van der Waals surface area contributed by atoms with Crippen LogP contribution in [0.25, 0.3) is 5.70 Å². The topological polar surface area (TPSA) is 53.2 Å². The van der Waals surface area contributed by atoms with Gasteiger partial charge in [-0.15, -0.1) is 11.3 Å². The molecule has 0 aliphatic rings. The second kappa shape index (κ2) is 7.59. The van der Waals surface area contributed by atoms with Gasteiger partial charge >= 0.3 is 6.18 Å². The molecule has 0 aliphatic carbocycles. The summed E-state index contributed by atoms with van der Waals surface area (Å²) in [6, 6.07) is 8.06. The van der Waals surface area contributed by atoms with Crippen LogP contribution in [0.2, 0.25) is 4.34 Å². The molecule has 0 atom stereocenters. The van der Waals surface area contributed by atoms with Gasteiger partial charge < -0.3 is 5.32 Å². The molecule has 24 heavy (non-hydrogen) atoms. The van der Waals surface area contributed by atoms with Gasteiger partial charge in [0.05, 0.1) is 27.0 Å². The van der Waals surface area contributed by atoms with Crippen molar-refractivity contribution in [3.8, 4) is 0 Å². The zero-order valence-corrected chi connectivity index (χ0v) is 13.8. The number of rotatable bonds is 6. The lowest BCUT2D eigenvalue weighted by Crippen LogP contribution is -2.39. The van der Waals surface area contributed by atoms with Crippen molar-refractivity contribution in [3.63, 3.8) is 0 Å². The number of hydrogen-bond donors (Lipinski definition) is 3. The summed E-state index contributed by atoms with van der Waals surface area (Å²) in [6.45, 7) is 3.55. The molecule has 1 amide bonds. The lowest BCUT2D eigenvalue weighted by molar-refractivity contribution is -0.137. The Bertz CT molecular complexity index is 746. The fourth-order valence-corrected chi connectivity index (χ4v) is 2.68. The van der Waals surface area contributed by atoms with Crippen LogP contribution in [0.5, 0.6) is 0 Å². The zero-order chi connectivity index (χ0) is 17.7. The van der Waals surface area contributed by atoms with Gasteiger partial charge in [-0.1, -0.05) is 24.2 Å². The molecule has 0 spiro atoms. The molecule has 0 saturated heterocycles. The third-order valence-electron chi connectivity index (χ3n) is 2.87. The first kappa shape index (κ1) is 18.2. The minimum atomic E-state index is -4.43. The number of halogens is 4. The van der Waals surface area contributed by atoms with Crippen molar-refractivity contribution in [1.82, 2.24) is 10.9 Å². The average Bonchev–Trinajstić information content (AvgIpc) is 2.96. The molecular formula is C15H13ClF3N3OS. The van der Waals surface area contributed by atoms with E-state index in [1.165, 1.54) is 23.5 Å². The second-order valence-corrected chi connectivity index (χ2v) is 6.40. The molecule has 1 aromatic carbocycles. The summed E-state index contributed by atoms with van der Waals surface area (Å²) in [5.41, 5.74) is 4.89. The smallest absolute Gasteiger partial charge is 0.376 e. The average molecular weight is 376 g/mol. The van der Waals surface area contributed by atoms with Gasteiger partial charge in [0, 0.05) is 5.69 Å². The normalized spacial score (nSPS) is 11.0. The van der Waals surface area contributed by atoms with Crippen LogP contribution in [0.3, 0.4) is 0 Å². The van der Waals surface area contributed by atoms with Gasteiger partial charge in [-0.3, -0.25) is 15.6 Å². The highest BCUT2D eigenvalue weighted by atomic mass is 35.5. The molecule has 0 unspecified atom stereocenters. The Labute approximate surface area is 145 Å². The maximum atomic E-state index is 12.6. The summed E-state index contributed by atoms with van der Waals surface area (Å²) < 4.78 is 38.4. The molecule has 0 radical (unpaired) electrons. The predicted molar refractivity (Wildman–Crippen MR) is 89.6 cm³/mol. The first-order valence-electron chi connectivity index (χ1n) is 6.66. The standard InChI is InChI=1S/C15H13ClF3N3OS/c1-9(12-5-6-13(16)24-12)21-22-14(23)8-20-11-4-2-3-10(7-11)15(17,18)19/h2-7,20-21H,1,8H2,(H,22,23). The van der Waals surface area contributed by atoms with Crippen molar-refractivity contribution in [2.75, 3.05) is 11.9 Å². The minimum absolute atomic E-state index is 0.198. The van der Waals surface area contributed by atoms with Gasteiger partial charge in [0.1, 0.15) is 0 Å². The molecule has 9 heteroatoms. The molecule has 2 aromatic rings. The van der Waals surface area contributed by atoms with Crippen molar-refractivity contribution in [2.24, 2.45) is 0 Å². The molecule has 0 bridgehead atoms. The van der Waals surface area contributed by atoms with E-state index in [1.807, 2.05) is 0 Å². The Morgan fingerprint density at radius 2 is 1.96 bits per heavy atom. The number of nitrogens with one attached hydrogen (secondary N) is 3. The van der Waals surface area contributed by atoms with Gasteiger partial charge in [0.15, 0.2) is 0 Å². The maximum Gasteiger partial charge on any atom is 0.416 e. The first-order valence-corrected chi connectivity index (χ1v) is 7.86. The molecule has 4 nitrogen and oxygen atoms in total. The summed E-state index contributed by atoms with van der Waals surface area (Å²) in [4.78, 5) is 12.5. The maximum absolute atomic E-state index is 12.6. The number of carbonyl (C=O) groups excluding carboxylic acids is 1. The third kappa shape index (κ3) is 5.17. The molecule has 0 saturated carbocycles. The van der Waals surface area contributed by atoms with Crippen molar-refractivity contribution in [2.45, 2.75) is 6.18 Å². The predicted octanol–water partition coefficient (Wildman–Crippen LogP) is 4.12. The van der Waals surface area contributed by atoms with Crippen LogP contribution in [0.4, 0.5) is 18.9 Å². The van der Waals surface area contributed by atoms with Crippen LogP contribution in [-0.4, -0.2) is 12.5 Å². The number of benzene rings is 1. The molecule has 0 aliphatic heterocycles. The van der Waals surface area contributed by atoms with Gasteiger partial charge in [-0.25, -0.2) is 0 Å². The molecule has 1 heterocycles. The lowest BCUT2D eigenvalue weighted by atomic mass is 10.2. The molecule has 3 N–H and O–H groups in total. The van der Waals surface area contributed by atoms with Crippen LogP contribution in [0, 0.1) is 0 Å². The number of anilines is 1. The number of thiophene rings is 1. The molecule has 1 aromatic heterocycles. The van der Waals surface area contributed by atoms with E-state index in [4.69, 9.17) is 11.6 Å². The number of carbonyl (C=O) groups is 1. The second-order valence-electron chi connectivity index (χ2n) is 4.69. The van der Waals surface area contributed by atoms with E-state index in [2.05, 4.69) is 22.7 Å². The van der Waals surface area contributed by atoms with Crippen LogP contribution in [0.15, 0.2) is 43.0 Å². The van der Waals surface area contributed by atoms with Crippen molar-refractivity contribution in [1.29, 1.82) is 0 Å². The summed E-state index contributed by atoms with van der Waals surface area (Å²) in [7, 11) is 0. The Balaban J connectivity index is 1.82. The number of amides is 1. The molecular weight excluding hydrogens is 363 g/mol. The highest BCUT2D eigenvalue weighted by molar-refractivity contribution is 7.17. The Morgan fingerprint density at radius 3 is 2.58 bits per heavy atom. The molecule has 128 valence electrons. The Kier molecular flexibility index (Phi) is 5.74. The lowest BCUT2D eigenvalue weighted by Gasteiger charge is -2.12. The van der Waals surface area contributed by atoms with E-state index in [1.54, 1.807) is 12.1 Å². The molecule has 0 fully saturated rings. The summed E-state index contributed by atoms with van der Waals surface area (Å²) in [5, 5.41) is 2.62. The van der Waals surface area contributed by atoms with E-state index in [0.29, 0.717) is 10.0 Å². The largest absolute Gasteiger partial charge is 0.416 e. The van der Waals surface area contributed by atoms with Gasteiger partial charge in [0.25, 0.3) is 5.91 Å². The third-order valence-corrected chi connectivity index (χ3v) is 4.16. The van der Waals surface area contributed by atoms with E-state index in [-0.39, 0.29) is 12.2 Å². The quantitative estimate of drug-likeness (QED) is 0.666. The summed E-state index contributed by atoms with van der Waals surface area (Å²) in [5.74, 6) is -0.462. The van der Waals surface area contributed by atoms with Crippen molar-refractivity contribution < 1.29 is 18.0 Å². The van der Waals surface area contributed by atoms with Crippen molar-refractivity contribution in [3.05, 3.63) is 57.8 Å². The summed E-state index contributed by atoms with van der Waals surface area (Å²) in [6.07, 6.45) is -4.43. The van der Waals surface area contributed by atoms with Crippen molar-refractivity contribution >= 4 is 40.2 Å². The zero-order valence-electron chi connectivity index (χ0n) is 12.2. The molecule has 2 rings (SSSR count). The fraction of sp³-hybridized carbons (Fsp3) is 0.133. The van der Waals surface area contributed by atoms with E-state index >= 15 is 0 Å². The Hall–Kier alpha value is -2.19. The van der Waals surface area contributed by atoms with E-state index < -0.39 is 17.6 Å². The Morgan fingerprint density at radius 1 is 1.21 bits per heavy atom. The van der Waals surface area contributed by atoms with Crippen LogP contribution in [0.1, 0.15) is 10.4 Å². The number of hydrazine groups is 1. The SMILES string of the molecule is C=C(NNC(=O)CNc1cccc(C(F)(F)F)c1)c1ccc(Cl)s1. The van der Waals surface area contributed by atoms with Gasteiger partial charge in [-0.2, -0.15) is 13.2 Å². The van der Waals surface area contributed by atoms with Crippen LogP contribution >= 0.6 is 22.9 Å². The number of alkyl halides is 3. The van der Waals surface area contributed by atoms with Crippen LogP contribution in [-0.2, 0) is 11.0 Å². The van der Waals surface area contributed by atoms with Gasteiger partial charge in [-0.05, 0) is 30.3 Å².